The zero-order valence-electron chi connectivity index (χ0n) is 23.1. The van der Waals surface area contributed by atoms with Crippen molar-refractivity contribution in [2.45, 2.75) is 75.5 Å². The molecule has 13 heteroatoms. The number of imide groups is 1. The van der Waals surface area contributed by atoms with E-state index in [0.717, 1.165) is 25.0 Å². The number of rotatable bonds is 22. The Balaban J connectivity index is 1.00. The van der Waals surface area contributed by atoms with E-state index in [4.69, 9.17) is 23.8 Å². The topological polar surface area (TPSA) is 147 Å². The summed E-state index contributed by atoms with van der Waals surface area (Å²) in [6.45, 7) is 2.97. The lowest BCUT2D eigenvalue weighted by Gasteiger charge is -2.15. The number of amides is 3. The van der Waals surface area contributed by atoms with Crippen LogP contribution in [0.4, 0.5) is 0 Å². The fourth-order valence-electron chi connectivity index (χ4n) is 4.82. The second-order valence-corrected chi connectivity index (χ2v) is 11.3. The number of Topliss-reactive ketones (excluding diaryl/α,β-unsaturated/α-hetero) is 1. The van der Waals surface area contributed by atoms with Gasteiger partial charge in [-0.2, -0.15) is 11.8 Å². The third kappa shape index (κ3) is 11.8. The van der Waals surface area contributed by atoms with Crippen LogP contribution in [0.15, 0.2) is 0 Å². The van der Waals surface area contributed by atoms with Gasteiger partial charge in [0.1, 0.15) is 5.78 Å². The van der Waals surface area contributed by atoms with Gasteiger partial charge < -0.3 is 29.1 Å². The van der Waals surface area contributed by atoms with Crippen molar-refractivity contribution in [1.82, 2.24) is 10.4 Å². The van der Waals surface area contributed by atoms with Crippen molar-refractivity contribution >= 4 is 41.2 Å². The highest BCUT2D eigenvalue weighted by atomic mass is 32.2. The lowest BCUT2D eigenvalue weighted by Crippen LogP contribution is -2.32. The van der Waals surface area contributed by atoms with Crippen LogP contribution in [0.2, 0.25) is 0 Å². The number of hydroxylamine groups is 2. The molecule has 1 N–H and O–H groups in total. The normalized spacial score (nSPS) is 22.1. The van der Waals surface area contributed by atoms with Crippen molar-refractivity contribution in [3.05, 3.63) is 0 Å². The Hall–Kier alpha value is -2.06. The predicted molar refractivity (Wildman–Crippen MR) is 144 cm³/mol. The van der Waals surface area contributed by atoms with Gasteiger partial charge in [0.15, 0.2) is 0 Å². The number of ketones is 1. The molecule has 3 saturated heterocycles. The van der Waals surface area contributed by atoms with Crippen molar-refractivity contribution in [3.8, 4) is 0 Å². The van der Waals surface area contributed by atoms with Gasteiger partial charge in [-0.15, -0.1) is 5.06 Å². The summed E-state index contributed by atoms with van der Waals surface area (Å²) in [6.07, 6.45) is 5.62. The lowest BCUT2D eigenvalue weighted by atomic mass is 9.94. The number of carbonyl (C=O) groups excluding carboxylic acids is 5. The molecule has 3 heterocycles. The fourth-order valence-corrected chi connectivity index (χ4v) is 6.47. The molecular formula is C27H42N2O10S. The van der Waals surface area contributed by atoms with Gasteiger partial charge in [-0.05, 0) is 19.3 Å². The molecule has 3 aliphatic rings. The first-order valence-electron chi connectivity index (χ1n) is 14.2. The van der Waals surface area contributed by atoms with Crippen LogP contribution in [0.3, 0.4) is 0 Å². The maximum absolute atomic E-state index is 12.1. The number of fused-ring (bicyclic) bond motifs is 1. The van der Waals surface area contributed by atoms with Gasteiger partial charge in [0.25, 0.3) is 11.8 Å². The fraction of sp³-hybridized carbons (Fsp3) is 0.815. The first-order chi connectivity index (χ1) is 19.4. The number of hydrogen-bond acceptors (Lipinski definition) is 11. The molecule has 226 valence electrons. The molecule has 0 saturated carbocycles. The summed E-state index contributed by atoms with van der Waals surface area (Å²) in [6, 6.07) is 0.359. The van der Waals surface area contributed by atoms with E-state index in [0.29, 0.717) is 87.6 Å². The average molecular weight is 587 g/mol. The van der Waals surface area contributed by atoms with Crippen LogP contribution >= 0.6 is 11.8 Å². The summed E-state index contributed by atoms with van der Waals surface area (Å²) in [4.78, 5) is 62.8. The zero-order valence-corrected chi connectivity index (χ0v) is 23.9. The quantitative estimate of drug-likeness (QED) is 0.146. The number of hydrogen-bond donors (Lipinski definition) is 1. The standard InChI is InChI=1S/C27H42N2O10S/c30-20(4-1-2-6-23-21-18-24(31)28-22(21)19-40-23)5-3-10-35-12-14-37-16-17-38-15-13-36-11-9-27(34)39-29-25(32)7-8-26(29)33/h21-23H,1-19H2,(H,28,31). The van der Waals surface area contributed by atoms with Crippen molar-refractivity contribution in [2.75, 3.05) is 58.6 Å². The predicted octanol–water partition coefficient (Wildman–Crippen LogP) is 1.58. The maximum Gasteiger partial charge on any atom is 0.335 e. The highest BCUT2D eigenvalue weighted by molar-refractivity contribution is 8.00. The third-order valence-electron chi connectivity index (χ3n) is 6.96. The number of unbranched alkanes of at least 4 members (excludes halogenated alkanes) is 1. The first kappa shape index (κ1) is 32.5. The summed E-state index contributed by atoms with van der Waals surface area (Å²) in [7, 11) is 0. The van der Waals surface area contributed by atoms with Crippen molar-refractivity contribution < 1.29 is 47.8 Å². The molecule has 3 rings (SSSR count). The molecule has 12 nitrogen and oxygen atoms in total. The second-order valence-electron chi connectivity index (χ2n) is 10.0. The molecule has 3 atom stereocenters. The Kier molecular flexibility index (Phi) is 14.9. The van der Waals surface area contributed by atoms with Crippen LogP contribution in [-0.2, 0) is 47.8 Å². The molecule has 0 aromatic rings. The highest BCUT2D eigenvalue weighted by Gasteiger charge is 2.42. The molecule has 0 spiro atoms. The number of ether oxygens (including phenoxy) is 4. The van der Waals surface area contributed by atoms with Crippen LogP contribution in [0, 0.1) is 5.92 Å². The van der Waals surface area contributed by atoms with Crippen molar-refractivity contribution in [2.24, 2.45) is 5.92 Å². The minimum atomic E-state index is -0.697. The minimum absolute atomic E-state index is 0.0610. The van der Waals surface area contributed by atoms with Crippen LogP contribution < -0.4 is 5.32 Å². The van der Waals surface area contributed by atoms with Crippen LogP contribution in [0.1, 0.15) is 64.2 Å². The van der Waals surface area contributed by atoms with Gasteiger partial charge in [-0.25, -0.2) is 4.79 Å². The van der Waals surface area contributed by atoms with Gasteiger partial charge >= 0.3 is 5.97 Å². The Morgan fingerprint density at radius 1 is 0.775 bits per heavy atom. The summed E-state index contributed by atoms with van der Waals surface area (Å²) in [5.41, 5.74) is 0. The largest absolute Gasteiger partial charge is 0.379 e. The van der Waals surface area contributed by atoms with Gasteiger partial charge in [-0.1, -0.05) is 6.42 Å². The van der Waals surface area contributed by atoms with Gasteiger partial charge in [0, 0.05) is 61.7 Å². The molecule has 0 aliphatic carbocycles. The number of carbonyl (C=O) groups is 5. The summed E-state index contributed by atoms with van der Waals surface area (Å²) >= 11 is 1.96. The van der Waals surface area contributed by atoms with Crippen molar-refractivity contribution in [1.29, 1.82) is 0 Å². The average Bonchev–Trinajstić information content (AvgIpc) is 3.58. The van der Waals surface area contributed by atoms with Gasteiger partial charge in [0.2, 0.25) is 5.91 Å². The summed E-state index contributed by atoms with van der Waals surface area (Å²) in [5.74, 6) is 0.253. The van der Waals surface area contributed by atoms with Crippen LogP contribution in [-0.4, -0.2) is 104 Å². The maximum atomic E-state index is 12.1. The monoisotopic (exact) mass is 586 g/mol. The molecule has 0 aromatic heterocycles. The summed E-state index contributed by atoms with van der Waals surface area (Å²) in [5, 5.41) is 4.13. The molecule has 0 radical (unpaired) electrons. The first-order valence-corrected chi connectivity index (χ1v) is 15.3. The number of nitrogens with zero attached hydrogens (tertiary/aromatic N) is 1. The lowest BCUT2D eigenvalue weighted by molar-refractivity contribution is -0.198. The Labute approximate surface area is 239 Å². The zero-order chi connectivity index (χ0) is 28.6. The Morgan fingerprint density at radius 2 is 1.38 bits per heavy atom. The third-order valence-corrected chi connectivity index (χ3v) is 8.52. The van der Waals surface area contributed by atoms with E-state index in [2.05, 4.69) is 5.32 Å². The van der Waals surface area contributed by atoms with E-state index in [9.17, 15) is 24.0 Å². The highest BCUT2D eigenvalue weighted by Crippen LogP contribution is 2.40. The van der Waals surface area contributed by atoms with E-state index < -0.39 is 17.8 Å². The van der Waals surface area contributed by atoms with Crippen LogP contribution in [0.5, 0.6) is 0 Å². The molecular weight excluding hydrogens is 544 g/mol. The Bertz CT molecular complexity index is 841. The molecule has 3 aliphatic heterocycles. The SMILES string of the molecule is O=C(CCCCC1SCC2NC(=O)CC21)CCCOCCOCCOCCOCCC(=O)ON1C(=O)CCC1=O. The number of nitrogens with one attached hydrogen (secondary N) is 1. The minimum Gasteiger partial charge on any atom is -0.379 e. The van der Waals surface area contributed by atoms with E-state index >= 15 is 0 Å². The molecule has 3 unspecified atom stereocenters. The van der Waals surface area contributed by atoms with E-state index in [-0.39, 0.29) is 44.2 Å². The molecule has 3 amide bonds. The smallest absolute Gasteiger partial charge is 0.335 e. The molecule has 40 heavy (non-hydrogen) atoms. The van der Waals surface area contributed by atoms with Gasteiger partial charge in [-0.3, -0.25) is 19.2 Å². The van der Waals surface area contributed by atoms with E-state index in [1.54, 1.807) is 0 Å². The van der Waals surface area contributed by atoms with Crippen molar-refractivity contribution in [3.63, 3.8) is 0 Å². The van der Waals surface area contributed by atoms with Crippen LogP contribution in [0.25, 0.3) is 0 Å². The molecule has 3 fully saturated rings. The second kappa shape index (κ2) is 18.4. The summed E-state index contributed by atoms with van der Waals surface area (Å²) < 4.78 is 21.6. The Morgan fingerprint density at radius 3 is 2.05 bits per heavy atom. The van der Waals surface area contributed by atoms with Gasteiger partial charge in [0.05, 0.1) is 52.7 Å². The molecule has 0 aromatic carbocycles. The molecule has 0 bridgehead atoms. The van der Waals surface area contributed by atoms with E-state index in [1.807, 2.05) is 11.8 Å². The van der Waals surface area contributed by atoms with E-state index in [1.165, 1.54) is 0 Å². The number of thioether (sulfide) groups is 1.